The van der Waals surface area contributed by atoms with Crippen LogP contribution in [0.15, 0.2) is 0 Å². The molecule has 2 heterocycles. The van der Waals surface area contributed by atoms with E-state index < -0.39 is 0 Å². The first-order valence-electron chi connectivity index (χ1n) is 5.16. The highest BCUT2D eigenvalue weighted by Gasteiger charge is 2.30. The van der Waals surface area contributed by atoms with Gasteiger partial charge in [0.2, 0.25) is 0 Å². The summed E-state index contributed by atoms with van der Waals surface area (Å²) in [5, 5.41) is 6.67. The molecular formula is C9H17N3O2. The minimum Gasteiger partial charge on any atom is -0.316 e. The Kier molecular flexibility index (Phi) is 3.00. The Morgan fingerprint density at radius 2 is 2.43 bits per heavy atom. The van der Waals surface area contributed by atoms with Gasteiger partial charge >= 0.3 is 0 Å². The standard InChI is InChI=1S/C9H17N3O2/c1-6-4-10-3-2-7(6)11-8-5-14-12-9(8)13/h6-8,10-11H,2-5H2,1H3,(H,12,13). The van der Waals surface area contributed by atoms with E-state index in [9.17, 15) is 4.79 Å². The predicted molar refractivity (Wildman–Crippen MR) is 51.5 cm³/mol. The average molecular weight is 199 g/mol. The molecule has 3 N–H and O–H groups in total. The molecule has 80 valence electrons. The molecule has 5 nitrogen and oxygen atoms in total. The van der Waals surface area contributed by atoms with Gasteiger partial charge in [-0.2, -0.15) is 0 Å². The van der Waals surface area contributed by atoms with Crippen molar-refractivity contribution in [3.63, 3.8) is 0 Å². The van der Waals surface area contributed by atoms with Gasteiger partial charge in [-0.05, 0) is 25.4 Å². The minimum absolute atomic E-state index is 0.0456. The Bertz CT molecular complexity index is 222. The molecule has 0 aromatic carbocycles. The van der Waals surface area contributed by atoms with Gasteiger partial charge in [-0.15, -0.1) is 0 Å². The lowest BCUT2D eigenvalue weighted by molar-refractivity contribution is -0.125. The highest BCUT2D eigenvalue weighted by atomic mass is 16.7. The van der Waals surface area contributed by atoms with Crippen LogP contribution in [0.5, 0.6) is 0 Å². The highest BCUT2D eigenvalue weighted by molar-refractivity contribution is 5.82. The second-order valence-corrected chi connectivity index (χ2v) is 4.07. The monoisotopic (exact) mass is 199 g/mol. The lowest BCUT2D eigenvalue weighted by atomic mass is 9.94. The quantitative estimate of drug-likeness (QED) is 0.534. The predicted octanol–water partition coefficient (Wildman–Crippen LogP) is -0.996. The van der Waals surface area contributed by atoms with Gasteiger partial charge in [0.05, 0.1) is 6.61 Å². The Balaban J connectivity index is 1.86. The molecule has 3 atom stereocenters. The van der Waals surface area contributed by atoms with Crippen LogP contribution in [0.25, 0.3) is 0 Å². The molecule has 14 heavy (non-hydrogen) atoms. The molecule has 2 saturated heterocycles. The summed E-state index contributed by atoms with van der Waals surface area (Å²) in [7, 11) is 0. The number of hydrogen-bond donors (Lipinski definition) is 3. The lowest BCUT2D eigenvalue weighted by Gasteiger charge is -2.31. The fourth-order valence-electron chi connectivity index (χ4n) is 1.99. The Morgan fingerprint density at radius 3 is 3.07 bits per heavy atom. The molecular weight excluding hydrogens is 182 g/mol. The van der Waals surface area contributed by atoms with Crippen LogP contribution in [-0.2, 0) is 9.63 Å². The van der Waals surface area contributed by atoms with Gasteiger partial charge in [-0.3, -0.25) is 9.63 Å². The van der Waals surface area contributed by atoms with Crippen molar-refractivity contribution in [3.8, 4) is 0 Å². The number of piperidine rings is 1. The molecule has 1 amide bonds. The summed E-state index contributed by atoms with van der Waals surface area (Å²) in [6.45, 7) is 4.68. The molecule has 0 bridgehead atoms. The third-order valence-electron chi connectivity index (χ3n) is 2.94. The van der Waals surface area contributed by atoms with E-state index in [1.54, 1.807) is 0 Å². The maximum atomic E-state index is 11.2. The first-order valence-corrected chi connectivity index (χ1v) is 5.16. The topological polar surface area (TPSA) is 62.4 Å². The van der Waals surface area contributed by atoms with E-state index in [2.05, 4.69) is 23.0 Å². The van der Waals surface area contributed by atoms with Crippen LogP contribution in [0, 0.1) is 5.92 Å². The zero-order chi connectivity index (χ0) is 9.97. The summed E-state index contributed by atoms with van der Waals surface area (Å²) in [6.07, 6.45) is 1.07. The molecule has 0 aromatic rings. The maximum absolute atomic E-state index is 11.2. The van der Waals surface area contributed by atoms with Gasteiger partial charge in [-0.1, -0.05) is 6.92 Å². The van der Waals surface area contributed by atoms with Crippen molar-refractivity contribution >= 4 is 5.91 Å². The fourth-order valence-corrected chi connectivity index (χ4v) is 1.99. The molecule has 0 aromatic heterocycles. The van der Waals surface area contributed by atoms with Crippen LogP contribution >= 0.6 is 0 Å². The van der Waals surface area contributed by atoms with E-state index in [0.717, 1.165) is 19.5 Å². The van der Waals surface area contributed by atoms with Gasteiger partial charge in [0, 0.05) is 6.04 Å². The number of hydrogen-bond acceptors (Lipinski definition) is 4. The summed E-state index contributed by atoms with van der Waals surface area (Å²) >= 11 is 0. The molecule has 3 unspecified atom stereocenters. The zero-order valence-corrected chi connectivity index (χ0v) is 8.38. The average Bonchev–Trinajstić information content (AvgIpc) is 2.56. The van der Waals surface area contributed by atoms with Crippen LogP contribution in [0.1, 0.15) is 13.3 Å². The summed E-state index contributed by atoms with van der Waals surface area (Å²) in [5.41, 5.74) is 2.36. The van der Waals surface area contributed by atoms with Crippen molar-refractivity contribution < 1.29 is 9.63 Å². The van der Waals surface area contributed by atoms with E-state index in [0.29, 0.717) is 18.6 Å². The smallest absolute Gasteiger partial charge is 0.263 e. The zero-order valence-electron chi connectivity index (χ0n) is 8.38. The van der Waals surface area contributed by atoms with Crippen molar-refractivity contribution in [1.82, 2.24) is 16.1 Å². The number of carbonyl (C=O) groups excluding carboxylic acids is 1. The minimum atomic E-state index is -0.166. The number of rotatable bonds is 2. The SMILES string of the molecule is CC1CNCCC1NC1CONC1=O. The molecule has 2 aliphatic rings. The maximum Gasteiger partial charge on any atom is 0.263 e. The molecule has 0 radical (unpaired) electrons. The molecule has 0 aliphatic carbocycles. The van der Waals surface area contributed by atoms with Crippen LogP contribution in [0.2, 0.25) is 0 Å². The van der Waals surface area contributed by atoms with Gasteiger partial charge in [0.25, 0.3) is 5.91 Å². The van der Waals surface area contributed by atoms with Crippen LogP contribution in [-0.4, -0.2) is 37.7 Å². The van der Waals surface area contributed by atoms with E-state index in [1.807, 2.05) is 0 Å². The number of amides is 1. The normalized spacial score (nSPS) is 38.4. The molecule has 0 saturated carbocycles. The molecule has 2 aliphatic heterocycles. The Hall–Kier alpha value is -0.650. The van der Waals surface area contributed by atoms with Gasteiger partial charge in [-0.25, -0.2) is 5.48 Å². The van der Waals surface area contributed by atoms with E-state index in [-0.39, 0.29) is 11.9 Å². The fraction of sp³-hybridized carbons (Fsp3) is 0.889. The van der Waals surface area contributed by atoms with Gasteiger partial charge in [0.15, 0.2) is 0 Å². The molecule has 0 spiro atoms. The Labute approximate surface area is 83.5 Å². The summed E-state index contributed by atoms with van der Waals surface area (Å²) < 4.78 is 0. The molecule has 2 fully saturated rings. The van der Waals surface area contributed by atoms with Gasteiger partial charge < -0.3 is 10.6 Å². The number of carbonyl (C=O) groups is 1. The van der Waals surface area contributed by atoms with Crippen molar-refractivity contribution in [2.45, 2.75) is 25.4 Å². The van der Waals surface area contributed by atoms with Crippen molar-refractivity contribution in [2.75, 3.05) is 19.7 Å². The third-order valence-corrected chi connectivity index (χ3v) is 2.94. The van der Waals surface area contributed by atoms with Crippen LogP contribution in [0.4, 0.5) is 0 Å². The number of nitrogens with one attached hydrogen (secondary N) is 3. The largest absolute Gasteiger partial charge is 0.316 e. The first-order chi connectivity index (χ1) is 6.77. The van der Waals surface area contributed by atoms with Crippen molar-refractivity contribution in [3.05, 3.63) is 0 Å². The molecule has 2 rings (SSSR count). The molecule has 5 heteroatoms. The van der Waals surface area contributed by atoms with Crippen molar-refractivity contribution in [1.29, 1.82) is 0 Å². The summed E-state index contributed by atoms with van der Waals surface area (Å²) in [4.78, 5) is 16.1. The van der Waals surface area contributed by atoms with Gasteiger partial charge in [0.1, 0.15) is 6.04 Å². The van der Waals surface area contributed by atoms with Crippen LogP contribution < -0.4 is 16.1 Å². The van der Waals surface area contributed by atoms with E-state index >= 15 is 0 Å². The first kappa shape index (κ1) is 9.89. The summed E-state index contributed by atoms with van der Waals surface area (Å²) in [5.74, 6) is 0.521. The van der Waals surface area contributed by atoms with Crippen LogP contribution in [0.3, 0.4) is 0 Å². The summed E-state index contributed by atoms with van der Waals surface area (Å²) in [6, 6.07) is 0.259. The lowest BCUT2D eigenvalue weighted by Crippen LogP contribution is -2.52. The second-order valence-electron chi connectivity index (χ2n) is 4.07. The third kappa shape index (κ3) is 2.05. The highest BCUT2D eigenvalue weighted by Crippen LogP contribution is 2.11. The number of hydroxylamine groups is 1. The van der Waals surface area contributed by atoms with E-state index in [1.165, 1.54) is 0 Å². The van der Waals surface area contributed by atoms with Crippen molar-refractivity contribution in [2.24, 2.45) is 5.92 Å². The second kappa shape index (κ2) is 4.25. The van der Waals surface area contributed by atoms with E-state index in [4.69, 9.17) is 4.84 Å². The Morgan fingerprint density at radius 1 is 1.57 bits per heavy atom.